The summed E-state index contributed by atoms with van der Waals surface area (Å²) in [6.07, 6.45) is 4.46. The predicted molar refractivity (Wildman–Crippen MR) is 70.1 cm³/mol. The van der Waals surface area contributed by atoms with E-state index in [9.17, 15) is 4.39 Å². The number of nitrogens with one attached hydrogen (secondary N) is 1. The van der Waals surface area contributed by atoms with E-state index >= 15 is 0 Å². The lowest BCUT2D eigenvalue weighted by atomic mass is 9.78. The third-order valence-corrected chi connectivity index (χ3v) is 4.09. The highest BCUT2D eigenvalue weighted by atomic mass is 35.5. The van der Waals surface area contributed by atoms with Gasteiger partial charge in [0.2, 0.25) is 0 Å². The van der Waals surface area contributed by atoms with Crippen molar-refractivity contribution in [2.75, 3.05) is 13.1 Å². The smallest absolute Gasteiger partial charge is 0.145 e. The van der Waals surface area contributed by atoms with Crippen molar-refractivity contribution in [1.82, 2.24) is 5.32 Å². The van der Waals surface area contributed by atoms with E-state index in [0.29, 0.717) is 0 Å². The Balaban J connectivity index is 2.35. The Morgan fingerprint density at radius 3 is 2.71 bits per heavy atom. The van der Waals surface area contributed by atoms with Crippen LogP contribution in [0.5, 0.6) is 0 Å². The molecule has 17 heavy (non-hydrogen) atoms. The second-order valence-electron chi connectivity index (χ2n) is 4.87. The van der Waals surface area contributed by atoms with Gasteiger partial charge in [-0.2, -0.15) is 0 Å². The Morgan fingerprint density at radius 2 is 2.06 bits per heavy atom. The van der Waals surface area contributed by atoms with Crippen LogP contribution in [0.4, 0.5) is 4.39 Å². The SMILES string of the molecule is CCNCC1(c2cccc(Cl)c2F)CCCC1. The van der Waals surface area contributed by atoms with Crippen molar-refractivity contribution in [1.29, 1.82) is 0 Å². The third-order valence-electron chi connectivity index (χ3n) is 3.80. The van der Waals surface area contributed by atoms with Crippen LogP contribution in [0.1, 0.15) is 38.2 Å². The van der Waals surface area contributed by atoms with Crippen molar-refractivity contribution in [2.24, 2.45) is 0 Å². The number of halogens is 2. The zero-order valence-electron chi connectivity index (χ0n) is 10.2. The standard InChI is InChI=1S/C14H19ClFN/c1-2-17-10-14(8-3-4-9-14)11-6-5-7-12(15)13(11)16/h5-7,17H,2-4,8-10H2,1H3. The summed E-state index contributed by atoms with van der Waals surface area (Å²) in [7, 11) is 0. The molecule has 3 heteroatoms. The normalized spacial score (nSPS) is 18.5. The third kappa shape index (κ3) is 2.48. The van der Waals surface area contributed by atoms with E-state index < -0.39 is 0 Å². The van der Waals surface area contributed by atoms with E-state index in [1.54, 1.807) is 6.07 Å². The Kier molecular flexibility index (Phi) is 4.05. The topological polar surface area (TPSA) is 12.0 Å². The molecule has 1 N–H and O–H groups in total. The van der Waals surface area contributed by atoms with Crippen LogP contribution < -0.4 is 5.32 Å². The molecule has 0 aromatic heterocycles. The lowest BCUT2D eigenvalue weighted by molar-refractivity contribution is 0.392. The van der Waals surface area contributed by atoms with E-state index in [1.165, 1.54) is 12.8 Å². The highest BCUT2D eigenvalue weighted by molar-refractivity contribution is 6.30. The van der Waals surface area contributed by atoms with Crippen LogP contribution in [0.3, 0.4) is 0 Å². The van der Waals surface area contributed by atoms with Gasteiger partial charge in [0.15, 0.2) is 0 Å². The van der Waals surface area contributed by atoms with Gasteiger partial charge in [-0.25, -0.2) is 4.39 Å². The van der Waals surface area contributed by atoms with Crippen LogP contribution in [-0.2, 0) is 5.41 Å². The highest BCUT2D eigenvalue weighted by Crippen LogP contribution is 2.42. The molecule has 0 heterocycles. The molecule has 2 rings (SSSR count). The first kappa shape index (κ1) is 12.8. The fraction of sp³-hybridized carbons (Fsp3) is 0.571. The molecule has 0 bridgehead atoms. The number of rotatable bonds is 4. The van der Waals surface area contributed by atoms with E-state index in [4.69, 9.17) is 11.6 Å². The number of likely N-dealkylation sites (N-methyl/N-ethyl adjacent to an activating group) is 1. The average Bonchev–Trinajstić information content (AvgIpc) is 2.80. The minimum absolute atomic E-state index is 0.0506. The number of benzene rings is 1. The molecule has 94 valence electrons. The molecule has 0 unspecified atom stereocenters. The summed E-state index contributed by atoms with van der Waals surface area (Å²) in [5.41, 5.74) is 0.744. The molecule has 0 spiro atoms. The van der Waals surface area contributed by atoms with Gasteiger partial charge in [0, 0.05) is 12.0 Å². The Bertz CT molecular complexity index is 386. The Hall–Kier alpha value is -0.600. The van der Waals surface area contributed by atoms with Crippen LogP contribution in [0.15, 0.2) is 18.2 Å². The van der Waals surface area contributed by atoms with Gasteiger partial charge in [-0.3, -0.25) is 0 Å². The van der Waals surface area contributed by atoms with Crippen LogP contribution in [-0.4, -0.2) is 13.1 Å². The molecule has 0 saturated heterocycles. The molecular formula is C14H19ClFN. The van der Waals surface area contributed by atoms with Gasteiger partial charge >= 0.3 is 0 Å². The fourth-order valence-electron chi connectivity index (χ4n) is 2.87. The number of hydrogen-bond acceptors (Lipinski definition) is 1. The van der Waals surface area contributed by atoms with Crippen LogP contribution in [0.25, 0.3) is 0 Å². The zero-order valence-corrected chi connectivity index (χ0v) is 11.0. The molecule has 1 aliphatic carbocycles. The van der Waals surface area contributed by atoms with Crippen molar-refractivity contribution in [2.45, 2.75) is 38.0 Å². The van der Waals surface area contributed by atoms with Gasteiger partial charge in [0.25, 0.3) is 0 Å². The monoisotopic (exact) mass is 255 g/mol. The first-order valence-corrected chi connectivity index (χ1v) is 6.72. The molecule has 0 aliphatic heterocycles. The zero-order chi connectivity index (χ0) is 12.3. The molecule has 1 saturated carbocycles. The van der Waals surface area contributed by atoms with Crippen LogP contribution >= 0.6 is 11.6 Å². The lowest BCUT2D eigenvalue weighted by Crippen LogP contribution is -2.36. The maximum Gasteiger partial charge on any atom is 0.145 e. The summed E-state index contributed by atoms with van der Waals surface area (Å²) in [5, 5.41) is 3.61. The molecule has 1 aromatic rings. The van der Waals surface area contributed by atoms with Crippen molar-refractivity contribution in [3.8, 4) is 0 Å². The van der Waals surface area contributed by atoms with Crippen molar-refractivity contribution in [3.05, 3.63) is 34.6 Å². The molecule has 1 fully saturated rings. The average molecular weight is 256 g/mol. The summed E-state index contributed by atoms with van der Waals surface area (Å²) in [6, 6.07) is 5.37. The largest absolute Gasteiger partial charge is 0.316 e. The summed E-state index contributed by atoms with van der Waals surface area (Å²) in [5.74, 6) is -0.228. The highest BCUT2D eigenvalue weighted by Gasteiger charge is 2.37. The Morgan fingerprint density at radius 1 is 1.35 bits per heavy atom. The van der Waals surface area contributed by atoms with Gasteiger partial charge in [-0.05, 0) is 31.0 Å². The maximum absolute atomic E-state index is 14.2. The van der Waals surface area contributed by atoms with Gasteiger partial charge in [-0.15, -0.1) is 0 Å². The maximum atomic E-state index is 14.2. The molecule has 0 atom stereocenters. The second kappa shape index (κ2) is 5.36. The second-order valence-corrected chi connectivity index (χ2v) is 5.28. The molecule has 1 nitrogen and oxygen atoms in total. The molecule has 0 amide bonds. The van der Waals surface area contributed by atoms with Crippen LogP contribution in [0, 0.1) is 5.82 Å². The van der Waals surface area contributed by atoms with Crippen molar-refractivity contribution < 1.29 is 4.39 Å². The lowest BCUT2D eigenvalue weighted by Gasteiger charge is -2.30. The van der Waals surface area contributed by atoms with Crippen molar-refractivity contribution in [3.63, 3.8) is 0 Å². The Labute approximate surface area is 107 Å². The fourth-order valence-corrected chi connectivity index (χ4v) is 3.05. The molecule has 0 radical (unpaired) electrons. The summed E-state index contributed by atoms with van der Waals surface area (Å²) < 4.78 is 14.2. The molecule has 1 aliphatic rings. The summed E-state index contributed by atoms with van der Waals surface area (Å²) >= 11 is 5.89. The predicted octanol–water partition coefficient (Wildman–Crippen LogP) is 3.90. The van der Waals surface area contributed by atoms with E-state index in [0.717, 1.165) is 31.5 Å². The van der Waals surface area contributed by atoms with Gasteiger partial charge in [0.05, 0.1) is 5.02 Å². The number of hydrogen-bond donors (Lipinski definition) is 1. The van der Waals surface area contributed by atoms with Gasteiger partial charge in [0.1, 0.15) is 5.82 Å². The first-order valence-electron chi connectivity index (χ1n) is 6.35. The van der Waals surface area contributed by atoms with Crippen molar-refractivity contribution >= 4 is 11.6 Å². The quantitative estimate of drug-likeness (QED) is 0.861. The molecular weight excluding hydrogens is 237 g/mol. The minimum Gasteiger partial charge on any atom is -0.316 e. The summed E-state index contributed by atoms with van der Waals surface area (Å²) in [4.78, 5) is 0. The van der Waals surface area contributed by atoms with E-state index in [1.807, 2.05) is 12.1 Å². The first-order chi connectivity index (χ1) is 8.19. The van der Waals surface area contributed by atoms with E-state index in [-0.39, 0.29) is 16.3 Å². The van der Waals surface area contributed by atoms with E-state index in [2.05, 4.69) is 12.2 Å². The molecule has 1 aromatic carbocycles. The van der Waals surface area contributed by atoms with Gasteiger partial charge < -0.3 is 5.32 Å². The van der Waals surface area contributed by atoms with Gasteiger partial charge in [-0.1, -0.05) is 43.5 Å². The minimum atomic E-state index is -0.228. The summed E-state index contributed by atoms with van der Waals surface area (Å²) in [6.45, 7) is 3.85. The van der Waals surface area contributed by atoms with Crippen LogP contribution in [0.2, 0.25) is 5.02 Å².